The molecule has 178 valence electrons. The van der Waals surface area contributed by atoms with Crippen LogP contribution in [0.25, 0.3) is 11.0 Å². The second-order valence-electron chi connectivity index (χ2n) is 8.40. The van der Waals surface area contributed by atoms with E-state index in [0.717, 1.165) is 31.3 Å². The SMILES string of the molecule is C[C@H](c1ccc(C(F)(F)F)nc1)n1nc(C#N)c2c(=O)[nH]c([C@H]3CC[C@@H]3c3ccc(F)cn3)nc21. The predicted molar refractivity (Wildman–Crippen MR) is 115 cm³/mol. The minimum Gasteiger partial charge on any atom is -0.310 e. The highest BCUT2D eigenvalue weighted by Crippen LogP contribution is 2.47. The normalized spacial score (nSPS) is 18.7. The molecule has 1 aliphatic carbocycles. The quantitative estimate of drug-likeness (QED) is 0.435. The van der Waals surface area contributed by atoms with Crippen LogP contribution < -0.4 is 5.56 Å². The molecular formula is C23H17F4N7O. The smallest absolute Gasteiger partial charge is 0.310 e. The van der Waals surface area contributed by atoms with Crippen LogP contribution in [0.15, 0.2) is 41.5 Å². The van der Waals surface area contributed by atoms with Crippen LogP contribution in [0.3, 0.4) is 0 Å². The number of nitriles is 1. The minimum absolute atomic E-state index is 0.00116. The molecule has 5 rings (SSSR count). The number of hydrogen-bond donors (Lipinski definition) is 1. The zero-order valence-corrected chi connectivity index (χ0v) is 18.2. The fourth-order valence-electron chi connectivity index (χ4n) is 4.34. The lowest BCUT2D eigenvalue weighted by Gasteiger charge is -2.35. The standard InChI is InChI=1S/C23H17F4N7O/c1-11(12-2-7-18(30-9-12)23(25,26)27)34-21-19(17(8-28)33-34)22(35)32-20(31-21)15-5-4-14(15)16-6-3-13(24)10-29-16/h2-3,6-7,9-11,14-15H,4-5H2,1H3,(H,31,32,35)/t11-,14+,15+/m1/s1. The Kier molecular flexibility index (Phi) is 5.35. The Morgan fingerprint density at radius 1 is 1.14 bits per heavy atom. The van der Waals surface area contributed by atoms with Crippen molar-refractivity contribution in [3.05, 3.63) is 81.3 Å². The summed E-state index contributed by atoms with van der Waals surface area (Å²) < 4.78 is 53.3. The molecule has 12 heteroatoms. The highest BCUT2D eigenvalue weighted by atomic mass is 19.4. The Balaban J connectivity index is 1.56. The summed E-state index contributed by atoms with van der Waals surface area (Å²) in [5, 5.41) is 13.7. The molecule has 0 saturated heterocycles. The Bertz CT molecular complexity index is 1500. The van der Waals surface area contributed by atoms with Crippen LogP contribution in [0.1, 0.15) is 66.1 Å². The Labute approximate surface area is 195 Å². The molecule has 0 amide bonds. The van der Waals surface area contributed by atoms with E-state index in [-0.39, 0.29) is 28.6 Å². The van der Waals surface area contributed by atoms with Gasteiger partial charge >= 0.3 is 6.18 Å². The summed E-state index contributed by atoms with van der Waals surface area (Å²) in [6.07, 6.45) is -0.852. The second kappa shape index (κ2) is 8.26. The number of hydrogen-bond acceptors (Lipinski definition) is 6. The fourth-order valence-corrected chi connectivity index (χ4v) is 4.34. The third kappa shape index (κ3) is 3.92. The van der Waals surface area contributed by atoms with Crippen LogP contribution in [0.2, 0.25) is 0 Å². The average Bonchev–Trinajstić information content (AvgIpc) is 3.18. The second-order valence-corrected chi connectivity index (χ2v) is 8.40. The van der Waals surface area contributed by atoms with Crippen LogP contribution >= 0.6 is 0 Å². The van der Waals surface area contributed by atoms with E-state index in [2.05, 4.69) is 25.0 Å². The van der Waals surface area contributed by atoms with Crippen molar-refractivity contribution in [2.24, 2.45) is 0 Å². The van der Waals surface area contributed by atoms with Crippen LogP contribution in [0.5, 0.6) is 0 Å². The highest BCUT2D eigenvalue weighted by Gasteiger charge is 2.37. The van der Waals surface area contributed by atoms with Crippen molar-refractivity contribution >= 4 is 11.0 Å². The van der Waals surface area contributed by atoms with Gasteiger partial charge in [0.2, 0.25) is 0 Å². The van der Waals surface area contributed by atoms with Crippen molar-refractivity contribution in [3.63, 3.8) is 0 Å². The number of aromatic nitrogens is 6. The first-order valence-corrected chi connectivity index (χ1v) is 10.7. The Hall–Kier alpha value is -4.14. The molecule has 1 N–H and O–H groups in total. The van der Waals surface area contributed by atoms with Crippen molar-refractivity contribution < 1.29 is 17.6 Å². The largest absolute Gasteiger partial charge is 0.433 e. The van der Waals surface area contributed by atoms with E-state index in [9.17, 15) is 27.6 Å². The highest BCUT2D eigenvalue weighted by molar-refractivity contribution is 5.80. The molecular weight excluding hydrogens is 466 g/mol. The zero-order chi connectivity index (χ0) is 24.9. The molecule has 3 atom stereocenters. The van der Waals surface area contributed by atoms with Gasteiger partial charge in [0.1, 0.15) is 28.8 Å². The van der Waals surface area contributed by atoms with Crippen molar-refractivity contribution in [3.8, 4) is 6.07 Å². The van der Waals surface area contributed by atoms with E-state index in [4.69, 9.17) is 0 Å². The maximum Gasteiger partial charge on any atom is 0.433 e. The molecule has 0 bridgehead atoms. The van der Waals surface area contributed by atoms with Gasteiger partial charge in [-0.25, -0.2) is 14.1 Å². The van der Waals surface area contributed by atoms with E-state index in [1.165, 1.54) is 16.8 Å². The maximum atomic E-state index is 13.3. The number of nitrogens with one attached hydrogen (secondary N) is 1. The predicted octanol–water partition coefficient (Wildman–Crippen LogP) is 4.21. The monoisotopic (exact) mass is 483 g/mol. The third-order valence-electron chi connectivity index (χ3n) is 6.37. The number of alkyl halides is 3. The molecule has 0 radical (unpaired) electrons. The van der Waals surface area contributed by atoms with Crippen LogP contribution in [-0.2, 0) is 6.18 Å². The third-order valence-corrected chi connectivity index (χ3v) is 6.37. The number of rotatable bonds is 4. The number of H-pyrrole nitrogens is 1. The minimum atomic E-state index is -4.57. The van der Waals surface area contributed by atoms with Gasteiger partial charge in [-0.05, 0) is 43.5 Å². The van der Waals surface area contributed by atoms with Gasteiger partial charge in [0.15, 0.2) is 11.3 Å². The van der Waals surface area contributed by atoms with Gasteiger partial charge in [0.25, 0.3) is 5.56 Å². The number of halogens is 4. The molecule has 4 aromatic rings. The van der Waals surface area contributed by atoms with Crippen LogP contribution in [-0.4, -0.2) is 29.7 Å². The van der Waals surface area contributed by atoms with Gasteiger partial charge in [0.05, 0.1) is 12.2 Å². The van der Waals surface area contributed by atoms with Crippen molar-refractivity contribution in [2.45, 2.75) is 43.8 Å². The van der Waals surface area contributed by atoms with E-state index >= 15 is 0 Å². The first-order chi connectivity index (χ1) is 16.7. The summed E-state index contributed by atoms with van der Waals surface area (Å²) in [7, 11) is 0. The fraction of sp³-hybridized carbons (Fsp3) is 0.304. The summed E-state index contributed by atoms with van der Waals surface area (Å²) in [6.45, 7) is 1.66. The summed E-state index contributed by atoms with van der Waals surface area (Å²) >= 11 is 0. The molecule has 0 aromatic carbocycles. The van der Waals surface area contributed by atoms with Crippen LogP contribution in [0, 0.1) is 17.1 Å². The van der Waals surface area contributed by atoms with Gasteiger partial charge in [-0.15, -0.1) is 0 Å². The molecule has 35 heavy (non-hydrogen) atoms. The van der Waals surface area contributed by atoms with E-state index in [1.54, 1.807) is 13.0 Å². The molecule has 0 unspecified atom stereocenters. The first-order valence-electron chi connectivity index (χ1n) is 10.7. The Morgan fingerprint density at radius 3 is 2.49 bits per heavy atom. The molecule has 1 fully saturated rings. The molecule has 4 heterocycles. The van der Waals surface area contributed by atoms with E-state index < -0.39 is 29.3 Å². The lowest BCUT2D eigenvalue weighted by atomic mass is 9.71. The molecule has 4 aromatic heterocycles. The average molecular weight is 483 g/mol. The van der Waals surface area contributed by atoms with Gasteiger partial charge in [-0.3, -0.25) is 14.8 Å². The van der Waals surface area contributed by atoms with Crippen molar-refractivity contribution in [2.75, 3.05) is 0 Å². The lowest BCUT2D eigenvalue weighted by molar-refractivity contribution is -0.141. The summed E-state index contributed by atoms with van der Waals surface area (Å²) in [5.74, 6) is -0.313. The zero-order valence-electron chi connectivity index (χ0n) is 18.2. The number of aromatic amines is 1. The molecule has 0 spiro atoms. The summed E-state index contributed by atoms with van der Waals surface area (Å²) in [5.41, 5.74) is -0.488. The number of pyridine rings is 2. The maximum absolute atomic E-state index is 13.3. The van der Waals surface area contributed by atoms with Gasteiger partial charge in [-0.2, -0.15) is 23.5 Å². The van der Waals surface area contributed by atoms with E-state index in [1.807, 2.05) is 6.07 Å². The van der Waals surface area contributed by atoms with Crippen molar-refractivity contribution in [1.29, 1.82) is 5.26 Å². The summed E-state index contributed by atoms with van der Waals surface area (Å²) in [4.78, 5) is 27.9. The van der Waals surface area contributed by atoms with Gasteiger partial charge < -0.3 is 4.98 Å². The van der Waals surface area contributed by atoms with Crippen molar-refractivity contribution in [1.82, 2.24) is 29.7 Å². The summed E-state index contributed by atoms with van der Waals surface area (Å²) in [6, 6.07) is 6.28. The van der Waals surface area contributed by atoms with E-state index in [0.29, 0.717) is 17.1 Å². The molecule has 1 saturated carbocycles. The van der Waals surface area contributed by atoms with Crippen LogP contribution in [0.4, 0.5) is 17.6 Å². The molecule has 0 aliphatic heterocycles. The molecule has 1 aliphatic rings. The first kappa shape index (κ1) is 22.6. The molecule has 8 nitrogen and oxygen atoms in total. The Morgan fingerprint density at radius 2 is 1.91 bits per heavy atom. The number of fused-ring (bicyclic) bond motifs is 1. The number of nitrogens with zero attached hydrogens (tertiary/aromatic N) is 6. The topological polar surface area (TPSA) is 113 Å². The van der Waals surface area contributed by atoms with Gasteiger partial charge in [0, 0.05) is 23.7 Å². The lowest BCUT2D eigenvalue weighted by Crippen LogP contribution is -2.27. The van der Waals surface area contributed by atoms with Gasteiger partial charge in [-0.1, -0.05) is 6.07 Å².